The maximum absolute atomic E-state index is 12.9. The topological polar surface area (TPSA) is 66.5 Å². The second-order valence-electron chi connectivity index (χ2n) is 6.63. The lowest BCUT2D eigenvalue weighted by atomic mass is 9.99. The standard InChI is InChI=1S/C19H20BrClN2O3S/c1-13-4-7-16(8-5-13)27(25,26)23-10-2-3-14(12-23)19(24)22-18-9-6-15(20)11-17(18)21/h4-9,11,14H,2-3,10,12H2,1H3,(H,22,24)/t14-/m1/s1. The minimum atomic E-state index is -3.61. The minimum Gasteiger partial charge on any atom is -0.324 e. The molecule has 1 fully saturated rings. The third kappa shape index (κ3) is 4.71. The fourth-order valence-electron chi connectivity index (χ4n) is 3.06. The summed E-state index contributed by atoms with van der Waals surface area (Å²) in [5.74, 6) is -0.637. The van der Waals surface area contributed by atoms with E-state index in [1.54, 1.807) is 42.5 Å². The molecule has 1 N–H and O–H groups in total. The molecule has 0 saturated carbocycles. The molecule has 1 amide bonds. The first-order valence-electron chi connectivity index (χ1n) is 8.60. The summed E-state index contributed by atoms with van der Waals surface area (Å²) in [6, 6.07) is 12.0. The first-order valence-corrected chi connectivity index (χ1v) is 11.2. The van der Waals surface area contributed by atoms with Crippen molar-refractivity contribution in [2.45, 2.75) is 24.7 Å². The third-order valence-corrected chi connectivity index (χ3v) is 7.29. The number of benzene rings is 2. The van der Waals surface area contributed by atoms with E-state index in [9.17, 15) is 13.2 Å². The van der Waals surface area contributed by atoms with E-state index < -0.39 is 15.9 Å². The number of rotatable bonds is 4. The van der Waals surface area contributed by atoms with E-state index >= 15 is 0 Å². The van der Waals surface area contributed by atoms with E-state index in [1.165, 1.54) is 4.31 Å². The van der Waals surface area contributed by atoms with Crippen molar-refractivity contribution in [1.29, 1.82) is 0 Å². The Kier molecular flexibility index (Phi) is 6.25. The molecule has 0 unspecified atom stereocenters. The first-order chi connectivity index (χ1) is 12.8. The van der Waals surface area contributed by atoms with Gasteiger partial charge in [0, 0.05) is 17.6 Å². The van der Waals surface area contributed by atoms with E-state index in [1.807, 2.05) is 6.92 Å². The van der Waals surface area contributed by atoms with Crippen LogP contribution in [0.3, 0.4) is 0 Å². The summed E-state index contributed by atoms with van der Waals surface area (Å²) in [4.78, 5) is 12.9. The van der Waals surface area contributed by atoms with E-state index in [0.717, 1.165) is 10.0 Å². The Balaban J connectivity index is 1.73. The van der Waals surface area contributed by atoms with Crippen LogP contribution in [0.2, 0.25) is 5.02 Å². The van der Waals surface area contributed by atoms with Crippen LogP contribution in [-0.4, -0.2) is 31.7 Å². The summed E-state index contributed by atoms with van der Waals surface area (Å²) in [7, 11) is -3.61. The lowest BCUT2D eigenvalue weighted by Gasteiger charge is -2.31. The molecule has 1 heterocycles. The van der Waals surface area contributed by atoms with Gasteiger partial charge in [-0.15, -0.1) is 0 Å². The monoisotopic (exact) mass is 470 g/mol. The zero-order valence-corrected chi connectivity index (χ0v) is 17.9. The van der Waals surface area contributed by atoms with Crippen molar-refractivity contribution in [3.8, 4) is 0 Å². The lowest BCUT2D eigenvalue weighted by molar-refractivity contribution is -0.120. The number of carbonyl (C=O) groups excluding carboxylic acids is 1. The number of anilines is 1. The molecule has 1 saturated heterocycles. The predicted octanol–water partition coefficient (Wildman–Crippen LogP) is 4.45. The molecule has 0 aromatic heterocycles. The summed E-state index contributed by atoms with van der Waals surface area (Å²) >= 11 is 9.48. The van der Waals surface area contributed by atoms with Gasteiger partial charge in [0.05, 0.1) is 21.5 Å². The number of hydrogen-bond acceptors (Lipinski definition) is 3. The summed E-state index contributed by atoms with van der Waals surface area (Å²) in [5.41, 5.74) is 1.51. The van der Waals surface area contributed by atoms with Crippen molar-refractivity contribution in [2.24, 2.45) is 5.92 Å². The number of carbonyl (C=O) groups is 1. The van der Waals surface area contributed by atoms with Crippen LogP contribution in [0.1, 0.15) is 18.4 Å². The second-order valence-corrected chi connectivity index (χ2v) is 9.89. The highest BCUT2D eigenvalue weighted by molar-refractivity contribution is 9.10. The summed E-state index contributed by atoms with van der Waals surface area (Å²) in [5, 5.41) is 3.24. The van der Waals surface area contributed by atoms with Gasteiger partial charge in [-0.1, -0.05) is 45.2 Å². The van der Waals surface area contributed by atoms with Gasteiger partial charge in [-0.2, -0.15) is 4.31 Å². The van der Waals surface area contributed by atoms with Gasteiger partial charge < -0.3 is 5.32 Å². The smallest absolute Gasteiger partial charge is 0.243 e. The quantitative estimate of drug-likeness (QED) is 0.716. The molecule has 5 nitrogen and oxygen atoms in total. The Morgan fingerprint density at radius 3 is 2.59 bits per heavy atom. The van der Waals surface area contributed by atoms with Crippen molar-refractivity contribution in [2.75, 3.05) is 18.4 Å². The zero-order chi connectivity index (χ0) is 19.6. The molecular weight excluding hydrogens is 452 g/mol. The zero-order valence-electron chi connectivity index (χ0n) is 14.8. The lowest BCUT2D eigenvalue weighted by Crippen LogP contribution is -2.43. The maximum Gasteiger partial charge on any atom is 0.243 e. The van der Waals surface area contributed by atoms with E-state index in [-0.39, 0.29) is 17.3 Å². The van der Waals surface area contributed by atoms with Crippen molar-refractivity contribution >= 4 is 49.1 Å². The van der Waals surface area contributed by atoms with Crippen molar-refractivity contribution in [1.82, 2.24) is 4.31 Å². The Bertz CT molecular complexity index is 948. The SMILES string of the molecule is Cc1ccc(S(=O)(=O)N2CCC[C@@H](C(=O)Nc3ccc(Br)cc3Cl)C2)cc1. The van der Waals surface area contributed by atoms with Crippen LogP contribution >= 0.6 is 27.5 Å². The first kappa shape index (κ1) is 20.3. The highest BCUT2D eigenvalue weighted by Gasteiger charge is 2.33. The summed E-state index contributed by atoms with van der Waals surface area (Å²) < 4.78 is 28.0. The number of aryl methyl sites for hydroxylation is 1. The van der Waals surface area contributed by atoms with Gasteiger partial charge in [-0.3, -0.25) is 4.79 Å². The molecule has 0 spiro atoms. The van der Waals surface area contributed by atoms with Gasteiger partial charge in [0.2, 0.25) is 15.9 Å². The van der Waals surface area contributed by atoms with E-state index in [4.69, 9.17) is 11.6 Å². The number of nitrogens with one attached hydrogen (secondary N) is 1. The van der Waals surface area contributed by atoms with E-state index in [0.29, 0.717) is 30.1 Å². The summed E-state index contributed by atoms with van der Waals surface area (Å²) in [6.07, 6.45) is 1.27. The Morgan fingerprint density at radius 1 is 1.22 bits per heavy atom. The van der Waals surface area contributed by atoms with E-state index in [2.05, 4.69) is 21.2 Å². The van der Waals surface area contributed by atoms with Crippen molar-refractivity contribution in [3.05, 3.63) is 57.5 Å². The van der Waals surface area contributed by atoms with Crippen molar-refractivity contribution < 1.29 is 13.2 Å². The largest absolute Gasteiger partial charge is 0.324 e. The number of halogens is 2. The van der Waals surface area contributed by atoms with Gasteiger partial charge in [0.15, 0.2) is 0 Å². The van der Waals surface area contributed by atoms with Crippen LogP contribution in [0.5, 0.6) is 0 Å². The molecule has 1 aliphatic heterocycles. The Morgan fingerprint density at radius 2 is 1.93 bits per heavy atom. The fourth-order valence-corrected chi connectivity index (χ4v) is 5.30. The average molecular weight is 472 g/mol. The molecule has 1 atom stereocenters. The number of sulfonamides is 1. The fraction of sp³-hybridized carbons (Fsp3) is 0.316. The molecule has 0 aliphatic carbocycles. The van der Waals surface area contributed by atoms with Crippen LogP contribution < -0.4 is 5.32 Å². The van der Waals surface area contributed by atoms with Crippen LogP contribution in [0.4, 0.5) is 5.69 Å². The average Bonchev–Trinajstić information content (AvgIpc) is 2.64. The van der Waals surface area contributed by atoms with Crippen LogP contribution in [0.15, 0.2) is 51.8 Å². The van der Waals surface area contributed by atoms with Gasteiger partial charge in [0.25, 0.3) is 0 Å². The normalized spacial score (nSPS) is 18.3. The highest BCUT2D eigenvalue weighted by atomic mass is 79.9. The number of piperidine rings is 1. The van der Waals surface area contributed by atoms with Crippen molar-refractivity contribution in [3.63, 3.8) is 0 Å². The van der Waals surface area contributed by atoms with Crippen LogP contribution in [0, 0.1) is 12.8 Å². The molecule has 0 radical (unpaired) electrons. The molecular formula is C19H20BrClN2O3S. The molecule has 1 aliphatic rings. The minimum absolute atomic E-state index is 0.163. The molecule has 2 aromatic rings. The third-order valence-electron chi connectivity index (χ3n) is 4.60. The molecule has 27 heavy (non-hydrogen) atoms. The number of amides is 1. The van der Waals surface area contributed by atoms with Crippen LogP contribution in [-0.2, 0) is 14.8 Å². The Hall–Kier alpha value is -1.41. The number of hydrogen-bond donors (Lipinski definition) is 1. The highest BCUT2D eigenvalue weighted by Crippen LogP contribution is 2.28. The molecule has 2 aromatic carbocycles. The molecule has 0 bridgehead atoms. The molecule has 3 rings (SSSR count). The molecule has 144 valence electrons. The van der Waals surface area contributed by atoms with Gasteiger partial charge >= 0.3 is 0 Å². The Labute approximate surface area is 172 Å². The number of nitrogens with zero attached hydrogens (tertiary/aromatic N) is 1. The van der Waals surface area contributed by atoms with Gasteiger partial charge in [-0.05, 0) is 50.1 Å². The predicted molar refractivity (Wildman–Crippen MR) is 110 cm³/mol. The van der Waals surface area contributed by atoms with Gasteiger partial charge in [0.1, 0.15) is 0 Å². The summed E-state index contributed by atoms with van der Waals surface area (Å²) in [6.45, 7) is 2.49. The maximum atomic E-state index is 12.9. The second kappa shape index (κ2) is 8.31. The molecule has 8 heteroatoms. The van der Waals surface area contributed by atoms with Gasteiger partial charge in [-0.25, -0.2) is 8.42 Å². The van der Waals surface area contributed by atoms with Crippen LogP contribution in [0.25, 0.3) is 0 Å².